The highest BCUT2D eigenvalue weighted by Gasteiger charge is 2.51. The molecule has 0 bridgehead atoms. The molecule has 0 aliphatic heterocycles. The molecule has 0 radical (unpaired) electrons. The number of aryl methyl sites for hydroxylation is 2. The maximum Gasteiger partial charge on any atom is 0.343 e. The first-order valence-electron chi connectivity index (χ1n) is 13.1. The second-order valence-corrected chi connectivity index (χ2v) is 14.5. The number of allylic oxidation sites excluding steroid dienone is 2. The first-order chi connectivity index (χ1) is 19.5. The summed E-state index contributed by atoms with van der Waals surface area (Å²) in [7, 11) is -9.92. The Labute approximate surface area is 245 Å². The number of ether oxygens (including phenoxy) is 2. The molecule has 0 atom stereocenters. The normalized spacial score (nSPS) is 14.6. The number of hydrogen-bond acceptors (Lipinski definition) is 10. The van der Waals surface area contributed by atoms with E-state index in [1.807, 2.05) is 0 Å². The van der Waals surface area contributed by atoms with Gasteiger partial charge in [0, 0.05) is 0 Å². The number of esters is 2. The van der Waals surface area contributed by atoms with E-state index in [0.717, 1.165) is 24.3 Å². The van der Waals surface area contributed by atoms with Gasteiger partial charge in [0.25, 0.3) is 0 Å². The lowest BCUT2D eigenvalue weighted by Crippen LogP contribution is -2.38. The van der Waals surface area contributed by atoms with Crippen LogP contribution in [0.25, 0.3) is 0 Å². The third kappa shape index (κ3) is 6.60. The van der Waals surface area contributed by atoms with Crippen LogP contribution in [0.2, 0.25) is 0 Å². The number of hydrogen-bond donors (Lipinski definition) is 0. The van der Waals surface area contributed by atoms with Crippen LogP contribution in [0, 0.1) is 25.7 Å². The molecule has 0 N–H and O–H groups in total. The van der Waals surface area contributed by atoms with Gasteiger partial charge in [-0.1, -0.05) is 63.1 Å². The van der Waals surface area contributed by atoms with Crippen LogP contribution in [0.1, 0.15) is 38.8 Å². The van der Waals surface area contributed by atoms with Crippen molar-refractivity contribution in [3.05, 3.63) is 80.6 Å². The maximum absolute atomic E-state index is 14.0. The van der Waals surface area contributed by atoms with Gasteiger partial charge in [-0.15, -0.1) is 0 Å². The lowest BCUT2D eigenvalue weighted by molar-refractivity contribution is -0.143. The molecule has 2 aromatic carbocycles. The summed E-state index contributed by atoms with van der Waals surface area (Å²) in [6.45, 7) is 9.54. The molecule has 0 unspecified atom stereocenters. The Morgan fingerprint density at radius 2 is 0.881 bits per heavy atom. The monoisotopic (exact) mass is 616 g/mol. The molecule has 224 valence electrons. The molecule has 0 aromatic heterocycles. The molecule has 0 amide bonds. The summed E-state index contributed by atoms with van der Waals surface area (Å²) in [5.41, 5.74) is -1.25. The lowest BCUT2D eigenvalue weighted by Gasteiger charge is -2.23. The van der Waals surface area contributed by atoms with Gasteiger partial charge in [-0.05, 0) is 49.9 Å². The van der Waals surface area contributed by atoms with Crippen LogP contribution in [0.15, 0.2) is 79.3 Å². The summed E-state index contributed by atoms with van der Waals surface area (Å²) in [5.74, 6) is -6.86. The Balaban J connectivity index is 2.41. The van der Waals surface area contributed by atoms with Crippen molar-refractivity contribution < 1.29 is 45.5 Å². The predicted octanol–water partition coefficient (Wildman–Crippen LogP) is 3.61. The number of ketones is 2. The van der Waals surface area contributed by atoms with Crippen molar-refractivity contribution in [2.45, 2.75) is 51.3 Å². The molecular weight excluding hydrogens is 584 g/mol. The van der Waals surface area contributed by atoms with Gasteiger partial charge < -0.3 is 9.47 Å². The molecule has 10 nitrogen and oxygen atoms in total. The summed E-state index contributed by atoms with van der Waals surface area (Å²) in [6.07, 6.45) is 0. The van der Waals surface area contributed by atoms with Gasteiger partial charge in [0.1, 0.15) is 21.0 Å². The summed E-state index contributed by atoms with van der Waals surface area (Å²) in [6, 6.07) is 10.4. The third-order valence-electron chi connectivity index (χ3n) is 6.02. The van der Waals surface area contributed by atoms with E-state index < -0.39 is 73.9 Å². The highest BCUT2D eigenvalue weighted by atomic mass is 32.2. The minimum absolute atomic E-state index is 0.256. The van der Waals surface area contributed by atoms with Crippen LogP contribution in [0.3, 0.4) is 0 Å². The van der Waals surface area contributed by atoms with Crippen LogP contribution < -0.4 is 0 Å². The molecule has 2 aromatic rings. The number of carbonyl (C=O) groups is 4. The average molecular weight is 617 g/mol. The summed E-state index contributed by atoms with van der Waals surface area (Å²) in [5, 5.41) is 0. The van der Waals surface area contributed by atoms with Gasteiger partial charge >= 0.3 is 11.9 Å². The highest BCUT2D eigenvalue weighted by molar-refractivity contribution is 7.97. The Bertz CT molecular complexity index is 1580. The van der Waals surface area contributed by atoms with Gasteiger partial charge in [0.2, 0.25) is 31.2 Å². The lowest BCUT2D eigenvalue weighted by atomic mass is 9.96. The molecule has 1 aliphatic carbocycles. The van der Waals surface area contributed by atoms with Crippen molar-refractivity contribution in [1.82, 2.24) is 0 Å². The van der Waals surface area contributed by atoms with Crippen molar-refractivity contribution in [3.63, 3.8) is 0 Å². The molecule has 0 heterocycles. The molecule has 0 fully saturated rings. The topological polar surface area (TPSA) is 155 Å². The maximum atomic E-state index is 14.0. The molecule has 0 spiro atoms. The largest absolute Gasteiger partial charge is 0.462 e. The Morgan fingerprint density at radius 3 is 1.14 bits per heavy atom. The second-order valence-electron chi connectivity index (χ2n) is 10.7. The van der Waals surface area contributed by atoms with E-state index in [4.69, 9.17) is 9.47 Å². The third-order valence-corrected chi connectivity index (χ3v) is 9.66. The minimum Gasteiger partial charge on any atom is -0.462 e. The Morgan fingerprint density at radius 1 is 0.595 bits per heavy atom. The van der Waals surface area contributed by atoms with Gasteiger partial charge in [0.05, 0.1) is 23.0 Å². The molecular formula is C30H32O10S2. The minimum atomic E-state index is -4.96. The fourth-order valence-corrected chi connectivity index (χ4v) is 6.89. The molecule has 0 saturated carbocycles. The SMILES string of the molecule is Cc1ccc(S(=O)(=O)C2=C(C(=O)OCC(C)C)C(=O)C(S(=O)(=O)c3ccc(C)cc3)=C(C(=O)OCC(C)C)C2=O)cc1. The summed E-state index contributed by atoms with van der Waals surface area (Å²) in [4.78, 5) is 51.0. The van der Waals surface area contributed by atoms with Crippen LogP contribution in [0.5, 0.6) is 0 Å². The van der Waals surface area contributed by atoms with E-state index in [1.54, 1.807) is 41.5 Å². The van der Waals surface area contributed by atoms with E-state index in [1.165, 1.54) is 24.3 Å². The van der Waals surface area contributed by atoms with Gasteiger partial charge in [-0.3, -0.25) is 9.59 Å². The number of Topliss-reactive ketones (excluding diaryl/α,β-unsaturated/α-hetero) is 2. The van der Waals surface area contributed by atoms with E-state index in [0.29, 0.717) is 11.1 Å². The Kier molecular flexibility index (Phi) is 9.74. The molecule has 3 rings (SSSR count). The van der Waals surface area contributed by atoms with Crippen LogP contribution in [0.4, 0.5) is 0 Å². The second kappa shape index (κ2) is 12.5. The van der Waals surface area contributed by atoms with Gasteiger partial charge in [-0.25, -0.2) is 26.4 Å². The number of carbonyl (C=O) groups excluding carboxylic acids is 4. The van der Waals surface area contributed by atoms with Gasteiger partial charge in [0.15, 0.2) is 0 Å². The van der Waals surface area contributed by atoms with E-state index in [-0.39, 0.29) is 25.0 Å². The van der Waals surface area contributed by atoms with E-state index >= 15 is 0 Å². The first kappa shape index (κ1) is 32.6. The number of rotatable bonds is 10. The molecule has 1 aliphatic rings. The van der Waals surface area contributed by atoms with Crippen molar-refractivity contribution in [1.29, 1.82) is 0 Å². The van der Waals surface area contributed by atoms with E-state index in [2.05, 4.69) is 0 Å². The average Bonchev–Trinajstić information content (AvgIpc) is 2.91. The van der Waals surface area contributed by atoms with Crippen molar-refractivity contribution in [2.75, 3.05) is 13.2 Å². The zero-order valence-electron chi connectivity index (χ0n) is 24.1. The van der Waals surface area contributed by atoms with Crippen molar-refractivity contribution in [2.24, 2.45) is 11.8 Å². The van der Waals surface area contributed by atoms with Crippen molar-refractivity contribution in [3.8, 4) is 0 Å². The fraction of sp³-hybridized carbons (Fsp3) is 0.333. The number of sulfone groups is 2. The molecule has 0 saturated heterocycles. The van der Waals surface area contributed by atoms with Crippen LogP contribution in [-0.2, 0) is 48.3 Å². The molecule has 42 heavy (non-hydrogen) atoms. The zero-order valence-corrected chi connectivity index (χ0v) is 25.7. The van der Waals surface area contributed by atoms with Gasteiger partial charge in [-0.2, -0.15) is 0 Å². The summed E-state index contributed by atoms with van der Waals surface area (Å²) >= 11 is 0. The standard InChI is InChI=1S/C30H32O10S2/c1-17(2)15-39-29(33)23-25(31)28(42(37,38)22-13-9-20(6)10-14-22)24(30(34)40-16-18(3)4)26(32)27(23)41(35,36)21-11-7-19(5)8-12-21/h7-14,17-18H,15-16H2,1-6H3. The van der Waals surface area contributed by atoms with Crippen molar-refractivity contribution >= 4 is 43.2 Å². The smallest absolute Gasteiger partial charge is 0.343 e. The predicted molar refractivity (Wildman–Crippen MR) is 152 cm³/mol. The quantitative estimate of drug-likeness (QED) is 0.220. The highest BCUT2D eigenvalue weighted by Crippen LogP contribution is 2.37. The summed E-state index contributed by atoms with van der Waals surface area (Å²) < 4.78 is 65.6. The fourth-order valence-electron chi connectivity index (χ4n) is 3.84. The Hall–Kier alpha value is -3.90. The first-order valence-corrected chi connectivity index (χ1v) is 16.0. The van der Waals surface area contributed by atoms with Crippen LogP contribution >= 0.6 is 0 Å². The van der Waals surface area contributed by atoms with E-state index in [9.17, 15) is 36.0 Å². The van der Waals surface area contributed by atoms with Crippen LogP contribution in [-0.4, -0.2) is 53.6 Å². The number of benzene rings is 2. The zero-order chi connectivity index (χ0) is 31.6. The molecule has 12 heteroatoms.